The average Bonchev–Trinajstić information content (AvgIpc) is 2.46. The minimum atomic E-state index is 0.447. The number of para-hydroxylation sites is 1. The molecule has 1 aromatic rings. The molecule has 1 rings (SSSR count). The standard InChI is InChI=1S/C14H22BrNO4/c1-17-5-6-18-7-8-19-9-10-20-14-12(11-16)3-2-4-13(14)15/h2-4H,5-11,16H2,1H3. The first-order chi connectivity index (χ1) is 9.79. The van der Waals surface area contributed by atoms with E-state index in [2.05, 4.69) is 15.9 Å². The molecular weight excluding hydrogens is 326 g/mol. The topological polar surface area (TPSA) is 62.9 Å². The van der Waals surface area contributed by atoms with Crippen LogP contribution in [0.15, 0.2) is 22.7 Å². The maximum absolute atomic E-state index is 5.69. The zero-order chi connectivity index (χ0) is 14.6. The van der Waals surface area contributed by atoms with Gasteiger partial charge in [0.2, 0.25) is 0 Å². The molecule has 0 heterocycles. The van der Waals surface area contributed by atoms with E-state index in [4.69, 9.17) is 24.7 Å². The lowest BCUT2D eigenvalue weighted by Crippen LogP contribution is -2.13. The monoisotopic (exact) mass is 347 g/mol. The molecule has 0 spiro atoms. The summed E-state index contributed by atoms with van der Waals surface area (Å²) in [5, 5.41) is 0. The van der Waals surface area contributed by atoms with Crippen molar-refractivity contribution in [2.45, 2.75) is 6.54 Å². The van der Waals surface area contributed by atoms with Gasteiger partial charge in [0.1, 0.15) is 12.4 Å². The Morgan fingerprint density at radius 1 is 1.00 bits per heavy atom. The molecule has 1 aromatic carbocycles. The minimum absolute atomic E-state index is 0.447. The third kappa shape index (κ3) is 6.67. The number of rotatable bonds is 11. The van der Waals surface area contributed by atoms with Crippen molar-refractivity contribution in [1.82, 2.24) is 0 Å². The fourth-order valence-corrected chi connectivity index (χ4v) is 2.06. The molecule has 6 heteroatoms. The number of nitrogens with two attached hydrogens (primary N) is 1. The highest BCUT2D eigenvalue weighted by Crippen LogP contribution is 2.28. The predicted molar refractivity (Wildman–Crippen MR) is 81.0 cm³/mol. The lowest BCUT2D eigenvalue weighted by atomic mass is 10.2. The molecule has 0 saturated carbocycles. The number of methoxy groups -OCH3 is 1. The second-order valence-electron chi connectivity index (χ2n) is 4.00. The van der Waals surface area contributed by atoms with Gasteiger partial charge in [-0.15, -0.1) is 0 Å². The molecule has 0 aromatic heterocycles. The highest BCUT2D eigenvalue weighted by molar-refractivity contribution is 9.10. The number of benzene rings is 1. The SMILES string of the molecule is COCCOCCOCCOc1c(Br)cccc1CN. The van der Waals surface area contributed by atoms with Crippen LogP contribution in [0.3, 0.4) is 0 Å². The van der Waals surface area contributed by atoms with Gasteiger partial charge in [0, 0.05) is 19.2 Å². The van der Waals surface area contributed by atoms with Crippen LogP contribution in [0.1, 0.15) is 5.56 Å². The maximum atomic E-state index is 5.69. The number of ether oxygens (including phenoxy) is 4. The summed E-state index contributed by atoms with van der Waals surface area (Å²) in [7, 11) is 1.65. The first-order valence-electron chi connectivity index (χ1n) is 6.54. The van der Waals surface area contributed by atoms with Gasteiger partial charge in [-0.25, -0.2) is 0 Å². The number of hydrogen-bond donors (Lipinski definition) is 1. The van der Waals surface area contributed by atoms with E-state index >= 15 is 0 Å². The van der Waals surface area contributed by atoms with Gasteiger partial charge in [0.25, 0.3) is 0 Å². The van der Waals surface area contributed by atoms with Gasteiger partial charge in [-0.3, -0.25) is 0 Å². The maximum Gasteiger partial charge on any atom is 0.138 e. The highest BCUT2D eigenvalue weighted by atomic mass is 79.9. The fraction of sp³-hybridized carbons (Fsp3) is 0.571. The van der Waals surface area contributed by atoms with Crippen molar-refractivity contribution >= 4 is 15.9 Å². The molecular formula is C14H22BrNO4. The fourth-order valence-electron chi connectivity index (χ4n) is 1.54. The third-order valence-electron chi connectivity index (χ3n) is 2.55. The molecule has 0 radical (unpaired) electrons. The van der Waals surface area contributed by atoms with Gasteiger partial charge in [-0.2, -0.15) is 0 Å². The summed E-state index contributed by atoms with van der Waals surface area (Å²) >= 11 is 3.45. The second-order valence-corrected chi connectivity index (χ2v) is 4.85. The Balaban J connectivity index is 2.12. The zero-order valence-corrected chi connectivity index (χ0v) is 13.4. The van der Waals surface area contributed by atoms with E-state index < -0.39 is 0 Å². The van der Waals surface area contributed by atoms with Crippen LogP contribution in [0.2, 0.25) is 0 Å². The summed E-state index contributed by atoms with van der Waals surface area (Å²) in [5.74, 6) is 0.787. The zero-order valence-electron chi connectivity index (χ0n) is 11.8. The molecule has 0 aliphatic carbocycles. The smallest absolute Gasteiger partial charge is 0.138 e. The lowest BCUT2D eigenvalue weighted by Gasteiger charge is -2.12. The number of hydrogen-bond acceptors (Lipinski definition) is 5. The van der Waals surface area contributed by atoms with Crippen LogP contribution in [-0.4, -0.2) is 46.8 Å². The Morgan fingerprint density at radius 2 is 1.65 bits per heavy atom. The molecule has 20 heavy (non-hydrogen) atoms. The molecule has 0 aliphatic heterocycles. The van der Waals surface area contributed by atoms with Gasteiger partial charge >= 0.3 is 0 Å². The Bertz CT molecular complexity index is 376. The molecule has 0 unspecified atom stereocenters. The molecule has 0 fully saturated rings. The van der Waals surface area contributed by atoms with Crippen molar-refractivity contribution in [1.29, 1.82) is 0 Å². The van der Waals surface area contributed by atoms with Crippen LogP contribution < -0.4 is 10.5 Å². The molecule has 0 amide bonds. The minimum Gasteiger partial charge on any atom is -0.490 e. The van der Waals surface area contributed by atoms with Gasteiger partial charge < -0.3 is 24.7 Å². The first-order valence-corrected chi connectivity index (χ1v) is 7.33. The van der Waals surface area contributed by atoms with Crippen LogP contribution in [0.5, 0.6) is 5.75 Å². The third-order valence-corrected chi connectivity index (χ3v) is 3.17. The van der Waals surface area contributed by atoms with Crippen molar-refractivity contribution < 1.29 is 18.9 Å². The van der Waals surface area contributed by atoms with E-state index in [9.17, 15) is 0 Å². The van der Waals surface area contributed by atoms with Gasteiger partial charge in [-0.1, -0.05) is 12.1 Å². The number of halogens is 1. The highest BCUT2D eigenvalue weighted by Gasteiger charge is 2.06. The van der Waals surface area contributed by atoms with Crippen LogP contribution >= 0.6 is 15.9 Å². The summed E-state index contributed by atoms with van der Waals surface area (Å²) in [4.78, 5) is 0. The van der Waals surface area contributed by atoms with E-state index in [-0.39, 0.29) is 0 Å². The predicted octanol–water partition coefficient (Wildman–Crippen LogP) is 1.97. The normalized spacial score (nSPS) is 10.8. The quantitative estimate of drug-likeness (QED) is 0.620. The molecule has 0 bridgehead atoms. The molecule has 114 valence electrons. The second kappa shape index (κ2) is 11.0. The van der Waals surface area contributed by atoms with Crippen LogP contribution in [0.25, 0.3) is 0 Å². The molecule has 0 atom stereocenters. The summed E-state index contributed by atoms with van der Waals surface area (Å²) in [5.41, 5.74) is 6.64. The summed E-state index contributed by atoms with van der Waals surface area (Å²) in [6.45, 7) is 3.75. The molecule has 0 aliphatic rings. The van der Waals surface area contributed by atoms with E-state index in [0.29, 0.717) is 46.2 Å². The van der Waals surface area contributed by atoms with Crippen molar-refractivity contribution in [3.8, 4) is 5.75 Å². The first kappa shape index (κ1) is 17.4. The van der Waals surface area contributed by atoms with Crippen LogP contribution in [0.4, 0.5) is 0 Å². The summed E-state index contributed by atoms with van der Waals surface area (Å²) < 4.78 is 22.2. The van der Waals surface area contributed by atoms with E-state index in [1.54, 1.807) is 7.11 Å². The Hall–Kier alpha value is -0.660. The molecule has 2 N–H and O–H groups in total. The molecule has 0 saturated heterocycles. The lowest BCUT2D eigenvalue weighted by molar-refractivity contribution is 0.0178. The van der Waals surface area contributed by atoms with Gasteiger partial charge in [0.05, 0.1) is 37.5 Å². The Morgan fingerprint density at radius 3 is 2.30 bits per heavy atom. The Kier molecular flexibility index (Phi) is 9.61. The average molecular weight is 348 g/mol. The molecule has 5 nitrogen and oxygen atoms in total. The largest absolute Gasteiger partial charge is 0.490 e. The van der Waals surface area contributed by atoms with Crippen molar-refractivity contribution in [3.63, 3.8) is 0 Å². The summed E-state index contributed by atoms with van der Waals surface area (Å²) in [6, 6.07) is 5.82. The van der Waals surface area contributed by atoms with Crippen molar-refractivity contribution in [2.24, 2.45) is 5.73 Å². The van der Waals surface area contributed by atoms with E-state index in [1.807, 2.05) is 18.2 Å². The van der Waals surface area contributed by atoms with E-state index in [1.165, 1.54) is 0 Å². The summed E-state index contributed by atoms with van der Waals surface area (Å²) in [6.07, 6.45) is 0. The van der Waals surface area contributed by atoms with Crippen molar-refractivity contribution in [2.75, 3.05) is 46.8 Å². The van der Waals surface area contributed by atoms with E-state index in [0.717, 1.165) is 15.8 Å². The van der Waals surface area contributed by atoms with Gasteiger partial charge in [0.15, 0.2) is 0 Å². The Labute approximate surface area is 128 Å². The van der Waals surface area contributed by atoms with Crippen LogP contribution in [0, 0.1) is 0 Å². The van der Waals surface area contributed by atoms with Gasteiger partial charge in [-0.05, 0) is 22.0 Å². The van der Waals surface area contributed by atoms with Crippen molar-refractivity contribution in [3.05, 3.63) is 28.2 Å². The van der Waals surface area contributed by atoms with Crippen LogP contribution in [-0.2, 0) is 20.8 Å².